The van der Waals surface area contributed by atoms with E-state index in [0.717, 1.165) is 36.0 Å². The van der Waals surface area contributed by atoms with Crippen LogP contribution in [-0.4, -0.2) is 29.4 Å². The lowest BCUT2D eigenvalue weighted by atomic mass is 10.1. The summed E-state index contributed by atoms with van der Waals surface area (Å²) in [5, 5.41) is 14.1. The first-order chi connectivity index (χ1) is 8.25. The smallest absolute Gasteiger partial charge is 0.146 e. The molecule has 96 valence electrons. The van der Waals surface area contributed by atoms with Gasteiger partial charge in [-0.3, -0.25) is 0 Å². The highest BCUT2D eigenvalue weighted by Gasteiger charge is 2.20. The maximum atomic E-state index is 5.71. The average Bonchev–Trinajstić information content (AvgIpc) is 2.78. The van der Waals surface area contributed by atoms with Crippen molar-refractivity contribution in [3.63, 3.8) is 0 Å². The van der Waals surface area contributed by atoms with Crippen molar-refractivity contribution in [2.45, 2.75) is 51.7 Å². The molecular weight excluding hydrogens is 234 g/mol. The van der Waals surface area contributed by atoms with E-state index in [1.807, 2.05) is 0 Å². The van der Waals surface area contributed by atoms with Gasteiger partial charge in [0.2, 0.25) is 0 Å². The minimum atomic E-state index is 0.202. The van der Waals surface area contributed by atoms with Crippen LogP contribution in [0, 0.1) is 0 Å². The normalized spacial score (nSPS) is 21.0. The van der Waals surface area contributed by atoms with Crippen molar-refractivity contribution < 1.29 is 4.74 Å². The predicted octanol–water partition coefficient (Wildman–Crippen LogP) is 2.32. The molecule has 5 heteroatoms. The van der Waals surface area contributed by atoms with Crippen molar-refractivity contribution in [1.82, 2.24) is 15.5 Å². The number of hydrogen-bond donors (Lipinski definition) is 1. The monoisotopic (exact) mass is 255 g/mol. The third-order valence-corrected chi connectivity index (χ3v) is 3.90. The molecule has 1 saturated heterocycles. The highest BCUT2D eigenvalue weighted by molar-refractivity contribution is 7.11. The number of ether oxygens (including phenoxy) is 1. The molecule has 1 aliphatic heterocycles. The molecule has 0 aliphatic carbocycles. The molecule has 2 rings (SSSR count). The van der Waals surface area contributed by atoms with E-state index in [1.165, 1.54) is 12.8 Å². The van der Waals surface area contributed by atoms with Crippen LogP contribution < -0.4 is 5.32 Å². The van der Waals surface area contributed by atoms with E-state index in [1.54, 1.807) is 11.3 Å². The molecule has 1 N–H and O–H groups in total. The Morgan fingerprint density at radius 3 is 3.00 bits per heavy atom. The van der Waals surface area contributed by atoms with Gasteiger partial charge >= 0.3 is 0 Å². The highest BCUT2D eigenvalue weighted by atomic mass is 32.1. The van der Waals surface area contributed by atoms with Crippen molar-refractivity contribution in [2.75, 3.05) is 13.2 Å². The minimum absolute atomic E-state index is 0.202. The van der Waals surface area contributed by atoms with Crippen molar-refractivity contribution in [2.24, 2.45) is 0 Å². The van der Waals surface area contributed by atoms with Crippen LogP contribution in [0.1, 0.15) is 49.2 Å². The van der Waals surface area contributed by atoms with Gasteiger partial charge in [0.25, 0.3) is 0 Å². The Kier molecular flexibility index (Phi) is 4.88. The largest absolute Gasteiger partial charge is 0.371 e. The van der Waals surface area contributed by atoms with Crippen LogP contribution >= 0.6 is 11.3 Å². The van der Waals surface area contributed by atoms with Crippen molar-refractivity contribution >= 4 is 11.3 Å². The second kappa shape index (κ2) is 6.42. The molecule has 0 spiro atoms. The summed E-state index contributed by atoms with van der Waals surface area (Å²) in [6.07, 6.45) is 4.68. The van der Waals surface area contributed by atoms with E-state index in [0.29, 0.717) is 6.04 Å². The van der Waals surface area contributed by atoms with Crippen LogP contribution in [0.3, 0.4) is 0 Å². The van der Waals surface area contributed by atoms with Gasteiger partial charge in [0.05, 0.1) is 0 Å². The summed E-state index contributed by atoms with van der Waals surface area (Å²) in [5.74, 6) is 0. The first-order valence-electron chi connectivity index (χ1n) is 6.43. The van der Waals surface area contributed by atoms with E-state index < -0.39 is 0 Å². The molecule has 0 saturated carbocycles. The summed E-state index contributed by atoms with van der Waals surface area (Å²) >= 11 is 1.70. The zero-order chi connectivity index (χ0) is 12.1. The van der Waals surface area contributed by atoms with E-state index in [4.69, 9.17) is 4.74 Å². The molecule has 0 radical (unpaired) electrons. The summed E-state index contributed by atoms with van der Waals surface area (Å²) in [7, 11) is 0. The van der Waals surface area contributed by atoms with Gasteiger partial charge in [-0.1, -0.05) is 25.2 Å². The molecule has 17 heavy (non-hydrogen) atoms. The molecule has 1 unspecified atom stereocenters. The van der Waals surface area contributed by atoms with Crippen molar-refractivity contribution in [1.29, 1.82) is 0 Å². The lowest BCUT2D eigenvalue weighted by molar-refractivity contribution is 0.0144. The Morgan fingerprint density at radius 1 is 1.41 bits per heavy atom. The van der Waals surface area contributed by atoms with Gasteiger partial charge in [-0.15, -0.1) is 10.2 Å². The molecule has 1 aromatic heterocycles. The molecule has 2 heterocycles. The fourth-order valence-corrected chi connectivity index (χ4v) is 2.83. The third kappa shape index (κ3) is 4.01. The van der Waals surface area contributed by atoms with Crippen LogP contribution in [0.5, 0.6) is 0 Å². The molecule has 4 nitrogen and oxygen atoms in total. The number of nitrogens with one attached hydrogen (secondary N) is 1. The quantitative estimate of drug-likeness (QED) is 0.877. The fraction of sp³-hybridized carbons (Fsp3) is 0.833. The van der Waals surface area contributed by atoms with E-state index in [9.17, 15) is 0 Å². The van der Waals surface area contributed by atoms with Crippen LogP contribution in [0.15, 0.2) is 0 Å². The van der Waals surface area contributed by atoms with Gasteiger partial charge < -0.3 is 10.1 Å². The van der Waals surface area contributed by atoms with Crippen LogP contribution in [0.4, 0.5) is 0 Å². The molecule has 0 amide bonds. The van der Waals surface area contributed by atoms with Crippen LogP contribution in [-0.2, 0) is 11.2 Å². The number of hydrogen-bond acceptors (Lipinski definition) is 5. The van der Waals surface area contributed by atoms with Gasteiger partial charge in [0.15, 0.2) is 0 Å². The molecule has 0 aromatic carbocycles. The summed E-state index contributed by atoms with van der Waals surface area (Å²) in [4.78, 5) is 0. The van der Waals surface area contributed by atoms with E-state index in [-0.39, 0.29) is 6.10 Å². The van der Waals surface area contributed by atoms with Crippen molar-refractivity contribution in [3.8, 4) is 0 Å². The summed E-state index contributed by atoms with van der Waals surface area (Å²) in [6, 6.07) is 0.532. The number of nitrogens with zero attached hydrogens (tertiary/aromatic N) is 2. The molecule has 0 bridgehead atoms. The van der Waals surface area contributed by atoms with Gasteiger partial charge in [-0.2, -0.15) is 0 Å². The molecular formula is C12H21N3OS. The summed E-state index contributed by atoms with van der Waals surface area (Å²) < 4.78 is 5.71. The molecule has 1 aromatic rings. The molecule has 1 fully saturated rings. The van der Waals surface area contributed by atoms with Crippen LogP contribution in [0.2, 0.25) is 0 Å². The lowest BCUT2D eigenvalue weighted by Gasteiger charge is -2.19. The summed E-state index contributed by atoms with van der Waals surface area (Å²) in [6.45, 7) is 6.15. The van der Waals surface area contributed by atoms with Gasteiger partial charge in [-0.05, 0) is 19.3 Å². The highest BCUT2D eigenvalue weighted by Crippen LogP contribution is 2.29. The topological polar surface area (TPSA) is 47.0 Å². The molecule has 1 atom stereocenters. The maximum absolute atomic E-state index is 5.71. The Morgan fingerprint density at radius 2 is 2.29 bits per heavy atom. The fourth-order valence-electron chi connectivity index (χ4n) is 1.90. The molecule has 1 aliphatic rings. The van der Waals surface area contributed by atoms with Gasteiger partial charge in [0.1, 0.15) is 16.1 Å². The Labute approximate surface area is 107 Å². The Hall–Kier alpha value is -0.520. The summed E-state index contributed by atoms with van der Waals surface area (Å²) in [5.41, 5.74) is 0. The maximum Gasteiger partial charge on any atom is 0.146 e. The van der Waals surface area contributed by atoms with Crippen molar-refractivity contribution in [3.05, 3.63) is 10.0 Å². The first kappa shape index (κ1) is 12.9. The minimum Gasteiger partial charge on any atom is -0.371 e. The SMILES string of the molecule is CC(C)NCCc1nnc(C2CCCCO2)s1. The van der Waals surface area contributed by atoms with Gasteiger partial charge in [-0.25, -0.2) is 0 Å². The second-order valence-electron chi connectivity index (χ2n) is 4.75. The number of rotatable bonds is 5. The van der Waals surface area contributed by atoms with Crippen LogP contribution in [0.25, 0.3) is 0 Å². The third-order valence-electron chi connectivity index (χ3n) is 2.83. The Balaban J connectivity index is 1.82. The zero-order valence-electron chi connectivity index (χ0n) is 10.6. The van der Waals surface area contributed by atoms with Gasteiger partial charge in [0, 0.05) is 25.6 Å². The first-order valence-corrected chi connectivity index (χ1v) is 7.24. The average molecular weight is 255 g/mol. The Bertz CT molecular complexity index is 334. The standard InChI is InChI=1S/C12H21N3OS/c1-9(2)13-7-6-11-14-15-12(17-11)10-5-3-4-8-16-10/h9-10,13H,3-8H2,1-2H3. The van der Waals surface area contributed by atoms with E-state index in [2.05, 4.69) is 29.4 Å². The second-order valence-corrected chi connectivity index (χ2v) is 5.84. The zero-order valence-corrected chi connectivity index (χ0v) is 11.4. The number of aromatic nitrogens is 2. The lowest BCUT2D eigenvalue weighted by Crippen LogP contribution is -2.24. The predicted molar refractivity (Wildman–Crippen MR) is 69.3 cm³/mol. The van der Waals surface area contributed by atoms with E-state index >= 15 is 0 Å².